The summed E-state index contributed by atoms with van der Waals surface area (Å²) in [5.74, 6) is -0.484. The van der Waals surface area contributed by atoms with E-state index in [1.807, 2.05) is 19.9 Å². The number of alkyl halides is 3. The number of pyridine rings is 1. The van der Waals surface area contributed by atoms with Crippen LogP contribution in [0.3, 0.4) is 0 Å². The third-order valence-corrected chi connectivity index (χ3v) is 7.30. The van der Waals surface area contributed by atoms with E-state index in [-0.39, 0.29) is 5.69 Å². The van der Waals surface area contributed by atoms with Crippen molar-refractivity contribution in [1.82, 2.24) is 9.97 Å². The maximum atomic E-state index is 14.3. The van der Waals surface area contributed by atoms with Crippen LogP contribution >= 0.6 is 23.5 Å². The maximum Gasteiger partial charge on any atom is 0.417 e. The van der Waals surface area contributed by atoms with Crippen LogP contribution in [0, 0.1) is 5.82 Å². The van der Waals surface area contributed by atoms with Gasteiger partial charge in [-0.05, 0) is 41.9 Å². The molecular formula is C24H28F4N2OS2. The summed E-state index contributed by atoms with van der Waals surface area (Å²) >= 11 is 2.70. The summed E-state index contributed by atoms with van der Waals surface area (Å²) in [5, 5.41) is 12.8. The van der Waals surface area contributed by atoms with E-state index in [0.717, 1.165) is 22.2 Å². The van der Waals surface area contributed by atoms with Gasteiger partial charge < -0.3 is 10.1 Å². The molecule has 0 fully saturated rings. The first-order valence-electron chi connectivity index (χ1n) is 10.5. The summed E-state index contributed by atoms with van der Waals surface area (Å²) in [6.45, 7) is 7.27. The Labute approximate surface area is 199 Å². The Morgan fingerprint density at radius 3 is 2.45 bits per heavy atom. The standard InChI is InChI=1S/C24H28F4N2OS2/c1-14(2)33-20-10-15-9-16(30-19(15)12-29-20)11-23(31,24(26,27)28)13-22(3,4)17-7-6-8-18(25)21(17)32-5/h6-10,12,14,30-31H,11,13H2,1-5H3. The second kappa shape index (κ2) is 9.50. The number of H-pyrrole nitrogens is 1. The normalized spacial score (nSPS) is 14.8. The van der Waals surface area contributed by atoms with Crippen LogP contribution in [0.2, 0.25) is 0 Å². The van der Waals surface area contributed by atoms with Gasteiger partial charge in [-0.2, -0.15) is 13.2 Å². The first kappa shape index (κ1) is 25.9. The number of thioether (sulfide) groups is 2. The van der Waals surface area contributed by atoms with Gasteiger partial charge in [-0.25, -0.2) is 9.37 Å². The highest BCUT2D eigenvalue weighted by Crippen LogP contribution is 2.45. The van der Waals surface area contributed by atoms with E-state index < -0.39 is 35.9 Å². The quantitative estimate of drug-likeness (QED) is 0.255. The van der Waals surface area contributed by atoms with E-state index >= 15 is 0 Å². The number of rotatable bonds is 8. The van der Waals surface area contributed by atoms with Gasteiger partial charge in [0.2, 0.25) is 0 Å². The molecule has 9 heteroatoms. The van der Waals surface area contributed by atoms with Gasteiger partial charge in [0, 0.05) is 27.6 Å². The molecule has 0 aliphatic heterocycles. The molecule has 0 bridgehead atoms. The minimum absolute atomic E-state index is 0.262. The van der Waals surface area contributed by atoms with Crippen LogP contribution in [0.25, 0.3) is 10.9 Å². The Balaban J connectivity index is 1.96. The van der Waals surface area contributed by atoms with Crippen LogP contribution in [0.1, 0.15) is 45.4 Å². The number of aromatic nitrogens is 2. The van der Waals surface area contributed by atoms with Gasteiger partial charge in [0.25, 0.3) is 0 Å². The van der Waals surface area contributed by atoms with Crippen LogP contribution in [-0.2, 0) is 11.8 Å². The van der Waals surface area contributed by atoms with Crippen molar-refractivity contribution in [3.63, 3.8) is 0 Å². The lowest BCUT2D eigenvalue weighted by molar-refractivity contribution is -0.266. The molecule has 0 saturated heterocycles. The highest BCUT2D eigenvalue weighted by atomic mass is 32.2. The van der Waals surface area contributed by atoms with E-state index in [1.165, 1.54) is 12.1 Å². The van der Waals surface area contributed by atoms with Crippen LogP contribution in [-0.4, -0.2) is 38.4 Å². The first-order chi connectivity index (χ1) is 15.3. The van der Waals surface area contributed by atoms with Crippen molar-refractivity contribution < 1.29 is 22.7 Å². The largest absolute Gasteiger partial charge is 0.417 e. The molecule has 0 aliphatic carbocycles. The highest BCUT2D eigenvalue weighted by Gasteiger charge is 2.56. The second-order valence-corrected chi connectivity index (χ2v) is 11.6. The molecule has 2 aromatic heterocycles. The van der Waals surface area contributed by atoms with Crippen molar-refractivity contribution in [2.45, 2.75) is 72.9 Å². The average Bonchev–Trinajstić information content (AvgIpc) is 3.07. The highest BCUT2D eigenvalue weighted by molar-refractivity contribution is 7.99. The summed E-state index contributed by atoms with van der Waals surface area (Å²) in [6.07, 6.45) is -2.88. The Morgan fingerprint density at radius 1 is 1.15 bits per heavy atom. The number of aliphatic hydroxyl groups is 1. The van der Waals surface area contributed by atoms with E-state index in [1.54, 1.807) is 50.2 Å². The number of halogens is 4. The predicted octanol–water partition coefficient (Wildman–Crippen LogP) is 7.13. The zero-order valence-electron chi connectivity index (χ0n) is 19.2. The SMILES string of the molecule is CSc1c(F)cccc1C(C)(C)CC(O)(Cc1cc2cc(SC(C)C)ncc2[nH]1)C(F)(F)F. The molecule has 1 unspecified atom stereocenters. The second-order valence-electron chi connectivity index (χ2n) is 9.16. The van der Waals surface area contributed by atoms with E-state index in [0.29, 0.717) is 21.2 Å². The van der Waals surface area contributed by atoms with Gasteiger partial charge in [0.15, 0.2) is 5.60 Å². The molecule has 0 amide bonds. The summed E-state index contributed by atoms with van der Waals surface area (Å²) in [4.78, 5) is 7.60. The van der Waals surface area contributed by atoms with Crippen LogP contribution < -0.4 is 0 Å². The lowest BCUT2D eigenvalue weighted by atomic mass is 9.73. The lowest BCUT2D eigenvalue weighted by Crippen LogP contribution is -2.51. The Kier molecular flexibility index (Phi) is 7.46. The van der Waals surface area contributed by atoms with Crippen molar-refractivity contribution in [2.24, 2.45) is 0 Å². The van der Waals surface area contributed by atoms with Gasteiger partial charge >= 0.3 is 6.18 Å². The van der Waals surface area contributed by atoms with E-state index in [4.69, 9.17) is 0 Å². The monoisotopic (exact) mass is 500 g/mol. The van der Waals surface area contributed by atoms with Gasteiger partial charge in [0.1, 0.15) is 5.82 Å². The molecule has 3 rings (SSSR count). The molecule has 2 heterocycles. The number of nitrogens with one attached hydrogen (secondary N) is 1. The van der Waals surface area contributed by atoms with Crippen molar-refractivity contribution in [1.29, 1.82) is 0 Å². The maximum absolute atomic E-state index is 14.3. The zero-order valence-corrected chi connectivity index (χ0v) is 20.8. The molecule has 2 N–H and O–H groups in total. The Morgan fingerprint density at radius 2 is 1.85 bits per heavy atom. The zero-order chi connectivity index (χ0) is 24.6. The summed E-state index contributed by atoms with van der Waals surface area (Å²) in [7, 11) is 0. The molecule has 3 nitrogen and oxygen atoms in total. The molecule has 0 radical (unpaired) electrons. The van der Waals surface area contributed by atoms with Crippen LogP contribution in [0.15, 0.2) is 46.5 Å². The topological polar surface area (TPSA) is 48.9 Å². The third-order valence-electron chi connectivity index (χ3n) is 5.54. The molecule has 33 heavy (non-hydrogen) atoms. The van der Waals surface area contributed by atoms with E-state index in [9.17, 15) is 22.7 Å². The third kappa shape index (κ3) is 5.69. The number of benzene rings is 1. The fourth-order valence-corrected chi connectivity index (χ4v) is 5.74. The average molecular weight is 501 g/mol. The lowest BCUT2D eigenvalue weighted by Gasteiger charge is -2.38. The molecule has 0 spiro atoms. The van der Waals surface area contributed by atoms with Crippen molar-refractivity contribution in [3.05, 3.63) is 53.6 Å². The molecule has 1 atom stereocenters. The number of fused-ring (bicyclic) bond motifs is 1. The molecule has 0 saturated carbocycles. The van der Waals surface area contributed by atoms with Crippen LogP contribution in [0.4, 0.5) is 17.6 Å². The number of hydrogen-bond donors (Lipinski definition) is 2. The number of nitrogens with zero attached hydrogens (tertiary/aromatic N) is 1. The van der Waals surface area contributed by atoms with Crippen molar-refractivity contribution in [3.8, 4) is 0 Å². The minimum Gasteiger partial charge on any atom is -0.380 e. The summed E-state index contributed by atoms with van der Waals surface area (Å²) in [5.41, 5.74) is -2.84. The smallest absolute Gasteiger partial charge is 0.380 e. The summed E-state index contributed by atoms with van der Waals surface area (Å²) in [6, 6.07) is 7.84. The van der Waals surface area contributed by atoms with Crippen molar-refractivity contribution in [2.75, 3.05) is 6.26 Å². The molecular weight excluding hydrogens is 472 g/mol. The number of aromatic amines is 1. The van der Waals surface area contributed by atoms with Gasteiger partial charge in [-0.3, -0.25) is 0 Å². The molecule has 3 aromatic rings. The van der Waals surface area contributed by atoms with Gasteiger partial charge in [0.05, 0.1) is 16.7 Å². The molecule has 1 aromatic carbocycles. The Hall–Kier alpha value is -1.71. The minimum atomic E-state index is -4.88. The van der Waals surface area contributed by atoms with Gasteiger partial charge in [-0.1, -0.05) is 39.8 Å². The van der Waals surface area contributed by atoms with E-state index in [2.05, 4.69) is 9.97 Å². The Bertz CT molecular complexity index is 1130. The summed E-state index contributed by atoms with van der Waals surface area (Å²) < 4.78 is 56.9. The van der Waals surface area contributed by atoms with Gasteiger partial charge in [-0.15, -0.1) is 23.5 Å². The molecule has 0 aliphatic rings. The van der Waals surface area contributed by atoms with Crippen LogP contribution in [0.5, 0.6) is 0 Å². The van der Waals surface area contributed by atoms with Crippen molar-refractivity contribution >= 4 is 34.4 Å². The first-order valence-corrected chi connectivity index (χ1v) is 12.6. The number of hydrogen-bond acceptors (Lipinski definition) is 4. The fraction of sp³-hybridized carbons (Fsp3) is 0.458. The predicted molar refractivity (Wildman–Crippen MR) is 128 cm³/mol. The molecule has 180 valence electrons. The fourth-order valence-electron chi connectivity index (χ4n) is 4.13.